The molecule has 0 saturated carbocycles. The molecule has 0 fully saturated rings. The maximum atomic E-state index is 9.12. The smallest absolute Gasteiger partial charge is 0.0766 e. The van der Waals surface area contributed by atoms with Crippen molar-refractivity contribution in [3.05, 3.63) is 29.8 Å². The van der Waals surface area contributed by atoms with Crippen molar-refractivity contribution in [3.63, 3.8) is 0 Å². The van der Waals surface area contributed by atoms with Crippen LogP contribution in [-0.2, 0) is 5.41 Å². The third-order valence-corrected chi connectivity index (χ3v) is 3.48. The third-order valence-electron chi connectivity index (χ3n) is 3.48. The van der Waals surface area contributed by atoms with E-state index in [1.54, 1.807) is 0 Å². The average molecular weight is 258 g/mol. The monoisotopic (exact) mass is 258 g/mol. The Hall–Kier alpha value is -1.49. The van der Waals surface area contributed by atoms with Gasteiger partial charge in [-0.1, -0.05) is 26.0 Å². The van der Waals surface area contributed by atoms with Crippen LogP contribution in [0, 0.1) is 17.2 Å². The second-order valence-corrected chi connectivity index (χ2v) is 6.33. The molecule has 1 atom stereocenters. The minimum absolute atomic E-state index is 0.415. The number of nitrogens with one attached hydrogen (secondary N) is 1. The lowest BCUT2D eigenvalue weighted by Gasteiger charge is -2.19. The second kappa shape index (κ2) is 6.61. The molecule has 0 aliphatic rings. The van der Waals surface area contributed by atoms with Gasteiger partial charge in [-0.2, -0.15) is 5.26 Å². The summed E-state index contributed by atoms with van der Waals surface area (Å²) in [5.74, 6) is 0.753. The Bertz CT molecular complexity index is 424. The molecule has 1 rings (SSSR count). The molecular weight excluding hydrogens is 232 g/mol. The van der Waals surface area contributed by atoms with E-state index in [0.717, 1.165) is 17.2 Å². The van der Waals surface area contributed by atoms with Crippen molar-refractivity contribution in [1.82, 2.24) is 0 Å². The van der Waals surface area contributed by atoms with Crippen molar-refractivity contribution >= 4 is 5.69 Å². The van der Waals surface area contributed by atoms with Gasteiger partial charge in [0, 0.05) is 11.7 Å². The van der Waals surface area contributed by atoms with Crippen LogP contribution in [0.2, 0.25) is 0 Å². The Morgan fingerprint density at radius 2 is 1.68 bits per heavy atom. The molecule has 0 heterocycles. The van der Waals surface area contributed by atoms with E-state index < -0.39 is 5.41 Å². The number of nitriles is 1. The minimum Gasteiger partial charge on any atom is -0.383 e. The molecule has 0 saturated heterocycles. The van der Waals surface area contributed by atoms with Crippen molar-refractivity contribution in [2.24, 2.45) is 5.92 Å². The van der Waals surface area contributed by atoms with Crippen molar-refractivity contribution in [3.8, 4) is 6.07 Å². The second-order valence-electron chi connectivity index (χ2n) is 6.33. The number of anilines is 1. The summed E-state index contributed by atoms with van der Waals surface area (Å²) in [6, 6.07) is 11.0. The van der Waals surface area contributed by atoms with E-state index in [-0.39, 0.29) is 0 Å². The van der Waals surface area contributed by atoms with Crippen molar-refractivity contribution < 1.29 is 0 Å². The first-order valence-electron chi connectivity index (χ1n) is 7.13. The highest BCUT2D eigenvalue weighted by Crippen LogP contribution is 2.24. The Labute approximate surface area is 117 Å². The summed E-state index contributed by atoms with van der Waals surface area (Å²) >= 11 is 0. The van der Waals surface area contributed by atoms with Crippen LogP contribution in [0.5, 0.6) is 0 Å². The van der Waals surface area contributed by atoms with Gasteiger partial charge in [0.25, 0.3) is 0 Å². The highest BCUT2D eigenvalue weighted by molar-refractivity contribution is 5.47. The number of hydrogen-bond donors (Lipinski definition) is 1. The zero-order valence-corrected chi connectivity index (χ0v) is 12.8. The molecule has 0 radical (unpaired) electrons. The predicted octanol–water partition coefficient (Wildman–Crippen LogP) is 4.72. The normalized spacial score (nSPS) is 13.1. The van der Waals surface area contributed by atoms with E-state index in [4.69, 9.17) is 5.26 Å². The van der Waals surface area contributed by atoms with Crippen LogP contribution in [0.4, 0.5) is 5.69 Å². The molecule has 0 aliphatic heterocycles. The lowest BCUT2D eigenvalue weighted by atomic mass is 9.86. The topological polar surface area (TPSA) is 35.8 Å². The molecule has 1 N–H and O–H groups in total. The maximum absolute atomic E-state index is 9.12. The highest BCUT2D eigenvalue weighted by atomic mass is 14.9. The largest absolute Gasteiger partial charge is 0.383 e. The van der Waals surface area contributed by atoms with Gasteiger partial charge in [0.1, 0.15) is 0 Å². The zero-order chi connectivity index (χ0) is 14.5. The van der Waals surface area contributed by atoms with Crippen LogP contribution in [0.1, 0.15) is 53.0 Å². The van der Waals surface area contributed by atoms with E-state index in [2.05, 4.69) is 44.3 Å². The molecular formula is C17H26N2. The van der Waals surface area contributed by atoms with E-state index >= 15 is 0 Å². The first-order chi connectivity index (χ1) is 8.85. The van der Waals surface area contributed by atoms with Crippen LogP contribution in [0.3, 0.4) is 0 Å². The molecule has 19 heavy (non-hydrogen) atoms. The molecule has 0 aromatic heterocycles. The van der Waals surface area contributed by atoms with Gasteiger partial charge >= 0.3 is 0 Å². The molecule has 1 aromatic carbocycles. The van der Waals surface area contributed by atoms with Gasteiger partial charge in [0.15, 0.2) is 0 Å². The summed E-state index contributed by atoms with van der Waals surface area (Å²) in [6.45, 7) is 10.6. The molecule has 2 heteroatoms. The summed E-state index contributed by atoms with van der Waals surface area (Å²) in [7, 11) is 0. The fraction of sp³-hybridized carbons (Fsp3) is 0.588. The van der Waals surface area contributed by atoms with Gasteiger partial charge in [0.05, 0.1) is 11.5 Å². The van der Waals surface area contributed by atoms with Crippen molar-refractivity contribution in [2.75, 3.05) is 5.32 Å². The fourth-order valence-electron chi connectivity index (χ4n) is 1.99. The summed E-state index contributed by atoms with van der Waals surface area (Å²) in [6.07, 6.45) is 2.43. The number of nitrogens with zero attached hydrogens (tertiary/aromatic N) is 1. The van der Waals surface area contributed by atoms with Gasteiger partial charge in [-0.15, -0.1) is 0 Å². The van der Waals surface area contributed by atoms with Crippen LogP contribution in [-0.4, -0.2) is 6.04 Å². The molecule has 1 aromatic rings. The van der Waals surface area contributed by atoms with Crippen molar-refractivity contribution in [2.45, 2.75) is 58.9 Å². The Balaban J connectivity index is 2.60. The maximum Gasteiger partial charge on any atom is 0.0766 e. The molecule has 0 spiro atoms. The Morgan fingerprint density at radius 1 is 1.11 bits per heavy atom. The quantitative estimate of drug-likeness (QED) is 0.801. The van der Waals surface area contributed by atoms with Crippen LogP contribution >= 0.6 is 0 Å². The average Bonchev–Trinajstić information content (AvgIpc) is 2.37. The number of benzene rings is 1. The lowest BCUT2D eigenvalue weighted by molar-refractivity contribution is 0.527. The summed E-state index contributed by atoms with van der Waals surface area (Å²) in [4.78, 5) is 0. The van der Waals surface area contributed by atoms with Crippen LogP contribution in [0.25, 0.3) is 0 Å². The summed E-state index contributed by atoms with van der Waals surface area (Å²) < 4.78 is 0. The standard InChI is InChI=1S/C17H26N2/c1-13(2)6-7-14(3)19-16-10-8-15(9-11-16)17(4,5)12-18/h8-11,13-14,19H,6-7H2,1-5H3. The van der Waals surface area contributed by atoms with Crippen LogP contribution in [0.15, 0.2) is 24.3 Å². The van der Waals surface area contributed by atoms with Gasteiger partial charge in [-0.25, -0.2) is 0 Å². The first kappa shape index (κ1) is 15.6. The zero-order valence-electron chi connectivity index (χ0n) is 12.8. The third kappa shape index (κ3) is 4.95. The SMILES string of the molecule is CC(C)CCC(C)Nc1ccc(C(C)(C)C#N)cc1. The fourth-order valence-corrected chi connectivity index (χ4v) is 1.99. The Morgan fingerprint density at radius 3 is 2.16 bits per heavy atom. The Kier molecular flexibility index (Phi) is 5.42. The predicted molar refractivity (Wildman–Crippen MR) is 82.2 cm³/mol. The molecule has 0 aliphatic carbocycles. The van der Waals surface area contributed by atoms with Gasteiger partial charge in [-0.05, 0) is 57.2 Å². The van der Waals surface area contributed by atoms with E-state index in [1.807, 2.05) is 26.0 Å². The first-order valence-corrected chi connectivity index (χ1v) is 7.13. The van der Waals surface area contributed by atoms with Gasteiger partial charge in [-0.3, -0.25) is 0 Å². The summed E-state index contributed by atoms with van der Waals surface area (Å²) in [5, 5.41) is 12.6. The molecule has 1 unspecified atom stereocenters. The number of hydrogen-bond acceptors (Lipinski definition) is 2. The van der Waals surface area contributed by atoms with Crippen molar-refractivity contribution in [1.29, 1.82) is 5.26 Å². The van der Waals surface area contributed by atoms with Crippen LogP contribution < -0.4 is 5.32 Å². The summed E-state index contributed by atoms with van der Waals surface area (Å²) in [5.41, 5.74) is 1.78. The van der Waals surface area contributed by atoms with E-state index in [1.165, 1.54) is 12.8 Å². The molecule has 0 amide bonds. The van der Waals surface area contributed by atoms with Gasteiger partial charge < -0.3 is 5.32 Å². The van der Waals surface area contributed by atoms with Gasteiger partial charge in [0.2, 0.25) is 0 Å². The number of rotatable bonds is 6. The molecule has 2 nitrogen and oxygen atoms in total. The lowest BCUT2D eigenvalue weighted by Crippen LogP contribution is -2.17. The van der Waals surface area contributed by atoms with E-state index in [9.17, 15) is 0 Å². The minimum atomic E-state index is -0.415. The molecule has 104 valence electrons. The van der Waals surface area contributed by atoms with E-state index in [0.29, 0.717) is 6.04 Å². The highest BCUT2D eigenvalue weighted by Gasteiger charge is 2.19. The molecule has 0 bridgehead atoms.